The summed E-state index contributed by atoms with van der Waals surface area (Å²) in [7, 11) is 0. The molecule has 2 N–H and O–H groups in total. The zero-order chi connectivity index (χ0) is 24.8. The van der Waals surface area contributed by atoms with Crippen LogP contribution in [0.25, 0.3) is 22.3 Å². The van der Waals surface area contributed by atoms with E-state index in [1.165, 1.54) is 23.8 Å². The highest BCUT2D eigenvalue weighted by atomic mass is 19.1. The van der Waals surface area contributed by atoms with E-state index in [0.29, 0.717) is 35.2 Å². The highest BCUT2D eigenvalue weighted by Gasteiger charge is 2.31. The number of halogens is 2. The third kappa shape index (κ3) is 4.35. The number of anilines is 3. The summed E-state index contributed by atoms with van der Waals surface area (Å²) in [6, 6.07) is 7.88. The number of nitrogens with one attached hydrogen (secondary N) is 2. The predicted molar refractivity (Wildman–Crippen MR) is 136 cm³/mol. The summed E-state index contributed by atoms with van der Waals surface area (Å²) in [6.45, 7) is 6.02. The number of benzene rings is 1. The summed E-state index contributed by atoms with van der Waals surface area (Å²) in [6.07, 6.45) is 7.64. The number of hydrogen-bond acceptors (Lipinski definition) is 7. The fourth-order valence-electron chi connectivity index (χ4n) is 5.03. The average molecular weight is 488 g/mol. The minimum atomic E-state index is -0.688. The molecule has 0 unspecified atom stereocenters. The maximum atomic E-state index is 14.2. The summed E-state index contributed by atoms with van der Waals surface area (Å²) < 4.78 is 28.4. The van der Waals surface area contributed by atoms with Gasteiger partial charge in [0.05, 0.1) is 11.7 Å². The van der Waals surface area contributed by atoms with Gasteiger partial charge in [0, 0.05) is 48.5 Å². The second-order valence-corrected chi connectivity index (χ2v) is 9.79. The molecule has 1 saturated carbocycles. The first-order valence-electron chi connectivity index (χ1n) is 12.3. The third-order valence-corrected chi connectivity index (χ3v) is 6.73. The fraction of sp³-hybridized carbons (Fsp3) is 0.333. The number of nitrogens with zero attached hydrogens (tertiary/aromatic N) is 5. The van der Waals surface area contributed by atoms with Crippen molar-refractivity contribution in [3.63, 3.8) is 0 Å². The van der Waals surface area contributed by atoms with Crippen molar-refractivity contribution in [2.24, 2.45) is 0 Å². The highest BCUT2D eigenvalue weighted by molar-refractivity contribution is 5.94. The Kier molecular flexibility index (Phi) is 5.72. The molecular formula is C27H27F2N7. The molecule has 2 atom stereocenters. The van der Waals surface area contributed by atoms with Crippen molar-refractivity contribution in [3.05, 3.63) is 66.1 Å². The first-order chi connectivity index (χ1) is 17.5. The van der Waals surface area contributed by atoms with Gasteiger partial charge in [-0.05, 0) is 62.4 Å². The molecule has 4 heterocycles. The van der Waals surface area contributed by atoms with Crippen LogP contribution in [0.2, 0.25) is 0 Å². The summed E-state index contributed by atoms with van der Waals surface area (Å²) >= 11 is 0. The van der Waals surface area contributed by atoms with E-state index in [9.17, 15) is 8.78 Å². The van der Waals surface area contributed by atoms with Gasteiger partial charge in [-0.3, -0.25) is 4.98 Å². The van der Waals surface area contributed by atoms with E-state index >= 15 is 0 Å². The fourth-order valence-corrected chi connectivity index (χ4v) is 5.03. The smallest absolute Gasteiger partial charge is 0.162 e. The minimum absolute atomic E-state index is 0.246. The number of pyridine rings is 2. The standard InChI is InChI=1S/C27H27F2N7/c1-15-13-36(14-16(2)32-15)27-24-19(17-6-7-17)11-30-12-22(24)33-26(35-27)18-8-9-31-23(10-18)34-25-20(28)4-3-5-21(25)29/h3-5,8-12,15-17,32H,6-7,13-14H2,1-2H3,(H,31,34)/t15-,16+. The minimum Gasteiger partial charge on any atom is -0.353 e. The molecule has 7 nitrogen and oxygen atoms in total. The Morgan fingerprint density at radius 1 is 1.00 bits per heavy atom. The molecule has 1 aromatic carbocycles. The van der Waals surface area contributed by atoms with Gasteiger partial charge in [-0.25, -0.2) is 23.7 Å². The average Bonchev–Trinajstić information content (AvgIpc) is 3.70. The monoisotopic (exact) mass is 487 g/mol. The maximum absolute atomic E-state index is 14.2. The van der Waals surface area contributed by atoms with Gasteiger partial charge in [0.1, 0.15) is 29.0 Å². The van der Waals surface area contributed by atoms with Crippen LogP contribution in [0.3, 0.4) is 0 Å². The molecule has 2 fully saturated rings. The van der Waals surface area contributed by atoms with Gasteiger partial charge in [-0.1, -0.05) is 6.07 Å². The molecule has 3 aromatic heterocycles. The first-order valence-corrected chi connectivity index (χ1v) is 12.3. The molecule has 0 bridgehead atoms. The molecule has 4 aromatic rings. The second kappa shape index (κ2) is 9.05. The SMILES string of the molecule is C[C@@H]1CN(c2nc(-c3ccnc(Nc4c(F)cccc4F)c3)nc3cncc(C4CC4)c23)C[C@H](C)N1. The summed E-state index contributed by atoms with van der Waals surface area (Å²) in [5.41, 5.74) is 2.45. The van der Waals surface area contributed by atoms with Crippen molar-refractivity contribution in [1.29, 1.82) is 0 Å². The van der Waals surface area contributed by atoms with Crippen molar-refractivity contribution >= 4 is 28.2 Å². The quantitative estimate of drug-likeness (QED) is 0.402. The molecule has 0 amide bonds. The Labute approximate surface area is 208 Å². The number of rotatable bonds is 5. The highest BCUT2D eigenvalue weighted by Crippen LogP contribution is 2.45. The van der Waals surface area contributed by atoms with E-state index in [0.717, 1.165) is 42.7 Å². The molecule has 184 valence electrons. The van der Waals surface area contributed by atoms with Crippen LogP contribution in [0.5, 0.6) is 0 Å². The first kappa shape index (κ1) is 22.7. The van der Waals surface area contributed by atoms with Gasteiger partial charge in [0.15, 0.2) is 5.82 Å². The largest absolute Gasteiger partial charge is 0.353 e. The maximum Gasteiger partial charge on any atom is 0.162 e. The number of para-hydroxylation sites is 1. The van der Waals surface area contributed by atoms with Crippen molar-refractivity contribution in [2.45, 2.75) is 44.7 Å². The lowest BCUT2D eigenvalue weighted by Crippen LogP contribution is -2.54. The van der Waals surface area contributed by atoms with Gasteiger partial charge in [-0.15, -0.1) is 0 Å². The molecule has 1 aliphatic carbocycles. The van der Waals surface area contributed by atoms with Crippen LogP contribution in [0.1, 0.15) is 38.2 Å². The Hall–Kier alpha value is -3.72. The van der Waals surface area contributed by atoms with Crippen LogP contribution < -0.4 is 15.5 Å². The van der Waals surface area contributed by atoms with Gasteiger partial charge in [-0.2, -0.15) is 0 Å². The topological polar surface area (TPSA) is 78.9 Å². The number of piperazine rings is 1. The van der Waals surface area contributed by atoms with Crippen molar-refractivity contribution in [1.82, 2.24) is 25.3 Å². The molecule has 0 radical (unpaired) electrons. The van der Waals surface area contributed by atoms with Gasteiger partial charge in [0.25, 0.3) is 0 Å². The van der Waals surface area contributed by atoms with Crippen LogP contribution >= 0.6 is 0 Å². The lowest BCUT2D eigenvalue weighted by molar-refractivity contribution is 0.406. The summed E-state index contributed by atoms with van der Waals surface area (Å²) in [5.74, 6) is 0.853. The van der Waals surface area contributed by atoms with E-state index in [4.69, 9.17) is 9.97 Å². The molecule has 36 heavy (non-hydrogen) atoms. The lowest BCUT2D eigenvalue weighted by atomic mass is 10.1. The molecule has 0 spiro atoms. The van der Waals surface area contributed by atoms with E-state index in [2.05, 4.69) is 39.3 Å². The summed E-state index contributed by atoms with van der Waals surface area (Å²) in [5, 5.41) is 7.42. The van der Waals surface area contributed by atoms with Crippen molar-refractivity contribution < 1.29 is 8.78 Å². The Morgan fingerprint density at radius 3 is 2.47 bits per heavy atom. The number of aromatic nitrogens is 4. The van der Waals surface area contributed by atoms with E-state index < -0.39 is 11.6 Å². The van der Waals surface area contributed by atoms with Crippen molar-refractivity contribution in [2.75, 3.05) is 23.3 Å². The normalized spacial score (nSPS) is 20.1. The van der Waals surface area contributed by atoms with Gasteiger partial charge < -0.3 is 15.5 Å². The Balaban J connectivity index is 1.45. The van der Waals surface area contributed by atoms with Crippen LogP contribution in [0, 0.1) is 11.6 Å². The molecular weight excluding hydrogens is 460 g/mol. The molecule has 2 aliphatic rings. The third-order valence-electron chi connectivity index (χ3n) is 6.73. The van der Waals surface area contributed by atoms with Gasteiger partial charge in [0.2, 0.25) is 0 Å². The number of fused-ring (bicyclic) bond motifs is 1. The molecule has 6 rings (SSSR count). The summed E-state index contributed by atoms with van der Waals surface area (Å²) in [4.78, 5) is 21.0. The van der Waals surface area contributed by atoms with Crippen molar-refractivity contribution in [3.8, 4) is 11.4 Å². The number of hydrogen-bond donors (Lipinski definition) is 2. The lowest BCUT2D eigenvalue weighted by Gasteiger charge is -2.37. The Morgan fingerprint density at radius 2 is 1.75 bits per heavy atom. The van der Waals surface area contributed by atoms with E-state index in [-0.39, 0.29) is 5.69 Å². The second-order valence-electron chi connectivity index (χ2n) is 9.79. The zero-order valence-electron chi connectivity index (χ0n) is 20.2. The van der Waals surface area contributed by atoms with Gasteiger partial charge >= 0.3 is 0 Å². The Bertz CT molecular complexity index is 1410. The van der Waals surface area contributed by atoms with Crippen LogP contribution in [-0.4, -0.2) is 45.1 Å². The zero-order valence-corrected chi connectivity index (χ0v) is 20.2. The predicted octanol–water partition coefficient (Wildman–Crippen LogP) is 5.17. The molecule has 1 aliphatic heterocycles. The van der Waals surface area contributed by atoms with Crippen LogP contribution in [0.4, 0.5) is 26.1 Å². The van der Waals surface area contributed by atoms with Crippen LogP contribution in [0.15, 0.2) is 48.9 Å². The van der Waals surface area contributed by atoms with Crippen LogP contribution in [-0.2, 0) is 0 Å². The van der Waals surface area contributed by atoms with E-state index in [1.54, 1.807) is 24.5 Å². The molecule has 1 saturated heterocycles. The molecule has 9 heteroatoms. The van der Waals surface area contributed by atoms with E-state index in [1.807, 2.05) is 6.20 Å².